The summed E-state index contributed by atoms with van der Waals surface area (Å²) >= 11 is 0. The van der Waals surface area contributed by atoms with Gasteiger partial charge in [0.15, 0.2) is 5.76 Å². The first kappa shape index (κ1) is 15.0. The molecule has 0 radical (unpaired) electrons. The van der Waals surface area contributed by atoms with E-state index in [1.807, 2.05) is 19.1 Å². The molecule has 0 saturated heterocycles. The number of furan rings is 1. The number of anilines is 1. The zero-order valence-corrected chi connectivity index (χ0v) is 12.7. The van der Waals surface area contributed by atoms with Gasteiger partial charge in [-0.15, -0.1) is 0 Å². The van der Waals surface area contributed by atoms with Crippen LogP contribution in [0.3, 0.4) is 0 Å². The van der Waals surface area contributed by atoms with E-state index in [1.165, 1.54) is 6.26 Å². The first-order chi connectivity index (χ1) is 11.1. The van der Waals surface area contributed by atoms with Gasteiger partial charge >= 0.3 is 0 Å². The van der Waals surface area contributed by atoms with Crippen molar-refractivity contribution in [2.45, 2.75) is 19.8 Å². The van der Waals surface area contributed by atoms with E-state index in [9.17, 15) is 9.59 Å². The number of hydrogen-bond acceptors (Lipinski definition) is 4. The van der Waals surface area contributed by atoms with Crippen molar-refractivity contribution >= 4 is 23.2 Å². The summed E-state index contributed by atoms with van der Waals surface area (Å²) in [6.07, 6.45) is 3.35. The highest BCUT2D eigenvalue weighted by atomic mass is 16.3. The Balaban J connectivity index is 1.60. The minimum atomic E-state index is -0.301. The third-order valence-electron chi connectivity index (χ3n) is 3.59. The number of rotatable bonds is 5. The summed E-state index contributed by atoms with van der Waals surface area (Å²) in [7, 11) is 0. The third-order valence-corrected chi connectivity index (χ3v) is 3.59. The number of carbonyl (C=O) groups is 2. The van der Waals surface area contributed by atoms with Crippen LogP contribution >= 0.6 is 0 Å². The maximum Gasteiger partial charge on any atom is 0.291 e. The number of hydrazone groups is 1. The van der Waals surface area contributed by atoms with E-state index < -0.39 is 0 Å². The Kier molecular flexibility index (Phi) is 4.23. The Morgan fingerprint density at radius 1 is 1.17 bits per heavy atom. The fourth-order valence-corrected chi connectivity index (χ4v) is 2.04. The van der Waals surface area contributed by atoms with E-state index in [2.05, 4.69) is 15.8 Å². The van der Waals surface area contributed by atoms with Crippen LogP contribution in [0.5, 0.6) is 0 Å². The predicted molar refractivity (Wildman–Crippen MR) is 86.2 cm³/mol. The van der Waals surface area contributed by atoms with Crippen molar-refractivity contribution < 1.29 is 14.0 Å². The second-order valence-corrected chi connectivity index (χ2v) is 5.46. The lowest BCUT2D eigenvalue weighted by Crippen LogP contribution is -2.20. The maximum absolute atomic E-state index is 11.9. The summed E-state index contributed by atoms with van der Waals surface area (Å²) in [5, 5.41) is 6.84. The Bertz CT molecular complexity index is 729. The molecule has 1 aromatic heterocycles. The predicted octanol–water partition coefficient (Wildman–Crippen LogP) is 2.78. The van der Waals surface area contributed by atoms with Crippen LogP contribution in [0.1, 0.15) is 35.9 Å². The van der Waals surface area contributed by atoms with Gasteiger partial charge in [-0.25, -0.2) is 5.43 Å². The molecule has 23 heavy (non-hydrogen) atoms. The summed E-state index contributed by atoms with van der Waals surface area (Å²) in [6.45, 7) is 1.82. The quantitative estimate of drug-likeness (QED) is 0.658. The summed E-state index contributed by atoms with van der Waals surface area (Å²) in [6, 6.07) is 10.5. The molecule has 1 aromatic carbocycles. The van der Waals surface area contributed by atoms with Gasteiger partial charge in [0.05, 0.1) is 12.0 Å². The number of hydrogen-bond donors (Lipinski definition) is 2. The molecule has 1 heterocycles. The van der Waals surface area contributed by atoms with Crippen molar-refractivity contribution in [3.63, 3.8) is 0 Å². The van der Waals surface area contributed by atoms with Gasteiger partial charge in [0.1, 0.15) is 0 Å². The van der Waals surface area contributed by atoms with Crippen LogP contribution in [0.4, 0.5) is 5.69 Å². The van der Waals surface area contributed by atoms with E-state index in [0.717, 1.165) is 18.4 Å². The van der Waals surface area contributed by atoms with E-state index in [1.54, 1.807) is 24.3 Å². The van der Waals surface area contributed by atoms with Gasteiger partial charge in [0.2, 0.25) is 5.91 Å². The van der Waals surface area contributed by atoms with Crippen LogP contribution in [-0.2, 0) is 4.79 Å². The fraction of sp³-hybridized carbons (Fsp3) is 0.235. The molecule has 1 fully saturated rings. The monoisotopic (exact) mass is 311 g/mol. The zero-order chi connectivity index (χ0) is 16.2. The number of nitrogens with zero attached hydrogens (tertiary/aromatic N) is 1. The lowest BCUT2D eigenvalue weighted by atomic mass is 10.1. The molecular formula is C17H17N3O3. The van der Waals surface area contributed by atoms with Gasteiger partial charge in [-0.2, -0.15) is 5.10 Å². The Morgan fingerprint density at radius 2 is 1.91 bits per heavy atom. The second kappa shape index (κ2) is 6.48. The van der Waals surface area contributed by atoms with Crippen molar-refractivity contribution in [2.24, 2.45) is 11.0 Å². The van der Waals surface area contributed by atoms with Crippen molar-refractivity contribution in [3.8, 4) is 0 Å². The lowest BCUT2D eigenvalue weighted by molar-refractivity contribution is -0.122. The van der Waals surface area contributed by atoms with Crippen LogP contribution in [0.15, 0.2) is 52.2 Å². The maximum atomic E-state index is 11.9. The molecular weight excluding hydrogens is 294 g/mol. The van der Waals surface area contributed by atoms with Gasteiger partial charge in [-0.05, 0) is 49.6 Å². The highest BCUT2D eigenvalue weighted by molar-refractivity contribution is 6.03. The molecule has 118 valence electrons. The highest BCUT2D eigenvalue weighted by Gasteiger charge is 2.29. The average Bonchev–Trinajstić information content (AvgIpc) is 3.27. The van der Waals surface area contributed by atoms with Crippen LogP contribution < -0.4 is 10.7 Å². The molecule has 6 nitrogen and oxygen atoms in total. The summed E-state index contributed by atoms with van der Waals surface area (Å²) in [5.74, 6) is 0.0665. The van der Waals surface area contributed by atoms with Gasteiger partial charge in [-0.3, -0.25) is 9.59 Å². The Hall–Kier alpha value is -2.89. The molecule has 1 aliphatic carbocycles. The van der Waals surface area contributed by atoms with Gasteiger partial charge < -0.3 is 9.73 Å². The van der Waals surface area contributed by atoms with E-state index in [-0.39, 0.29) is 23.5 Å². The van der Waals surface area contributed by atoms with Crippen LogP contribution in [0.2, 0.25) is 0 Å². The molecule has 0 spiro atoms. The van der Waals surface area contributed by atoms with Crippen molar-refractivity contribution in [1.82, 2.24) is 5.43 Å². The summed E-state index contributed by atoms with van der Waals surface area (Å²) < 4.78 is 5.04. The molecule has 0 atom stereocenters. The van der Waals surface area contributed by atoms with Gasteiger partial charge in [0.25, 0.3) is 5.91 Å². The summed E-state index contributed by atoms with van der Waals surface area (Å²) in [4.78, 5) is 23.4. The Morgan fingerprint density at radius 3 is 2.52 bits per heavy atom. The number of nitrogens with one attached hydrogen (secondary N) is 2. The van der Waals surface area contributed by atoms with Gasteiger partial charge in [-0.1, -0.05) is 12.1 Å². The molecule has 0 unspecified atom stereocenters. The van der Waals surface area contributed by atoms with Crippen LogP contribution in [0.25, 0.3) is 0 Å². The first-order valence-electron chi connectivity index (χ1n) is 7.43. The molecule has 3 rings (SSSR count). The topological polar surface area (TPSA) is 83.7 Å². The fourth-order valence-electron chi connectivity index (χ4n) is 2.04. The largest absolute Gasteiger partial charge is 0.459 e. The molecule has 1 saturated carbocycles. The highest BCUT2D eigenvalue weighted by Crippen LogP contribution is 2.28. The zero-order valence-electron chi connectivity index (χ0n) is 12.7. The molecule has 0 bridgehead atoms. The lowest BCUT2D eigenvalue weighted by Gasteiger charge is -2.06. The molecule has 2 N–H and O–H groups in total. The molecule has 1 aliphatic rings. The van der Waals surface area contributed by atoms with Crippen molar-refractivity contribution in [3.05, 3.63) is 54.0 Å². The molecule has 6 heteroatoms. The smallest absolute Gasteiger partial charge is 0.291 e. The minimum Gasteiger partial charge on any atom is -0.459 e. The number of amides is 2. The SMILES string of the molecule is C/C(=N/NC(=O)C1CC1)c1ccc(NC(=O)c2ccco2)cc1. The molecule has 0 aliphatic heterocycles. The third kappa shape index (κ3) is 3.85. The van der Waals surface area contributed by atoms with Crippen LogP contribution in [0, 0.1) is 5.92 Å². The van der Waals surface area contributed by atoms with Crippen LogP contribution in [-0.4, -0.2) is 17.5 Å². The van der Waals surface area contributed by atoms with E-state index in [0.29, 0.717) is 11.4 Å². The standard InChI is InChI=1S/C17H17N3O3/c1-11(19-20-16(21)13-4-5-13)12-6-8-14(9-7-12)18-17(22)15-3-2-10-23-15/h2-3,6-10,13H,4-5H2,1H3,(H,18,22)(H,20,21)/b19-11-. The van der Waals surface area contributed by atoms with Gasteiger partial charge in [0, 0.05) is 11.6 Å². The first-order valence-corrected chi connectivity index (χ1v) is 7.43. The van der Waals surface area contributed by atoms with Crippen molar-refractivity contribution in [2.75, 3.05) is 5.32 Å². The minimum absolute atomic E-state index is 0.0216. The normalized spacial score (nSPS) is 14.4. The molecule has 2 aromatic rings. The van der Waals surface area contributed by atoms with Crippen molar-refractivity contribution in [1.29, 1.82) is 0 Å². The molecule has 2 amide bonds. The number of benzene rings is 1. The summed E-state index contributed by atoms with van der Waals surface area (Å²) in [5.41, 5.74) is 4.82. The average molecular weight is 311 g/mol. The Labute approximate surface area is 133 Å². The second-order valence-electron chi connectivity index (χ2n) is 5.46. The number of carbonyl (C=O) groups excluding carboxylic acids is 2. The van der Waals surface area contributed by atoms with E-state index >= 15 is 0 Å². The van der Waals surface area contributed by atoms with E-state index in [4.69, 9.17) is 4.42 Å².